The van der Waals surface area contributed by atoms with Gasteiger partial charge in [0.15, 0.2) is 0 Å². The van der Waals surface area contributed by atoms with E-state index in [9.17, 15) is 9.18 Å². The van der Waals surface area contributed by atoms with Crippen molar-refractivity contribution in [3.63, 3.8) is 0 Å². The van der Waals surface area contributed by atoms with Crippen molar-refractivity contribution in [3.05, 3.63) is 84.2 Å². The number of hydrogen-bond donors (Lipinski definition) is 2. The van der Waals surface area contributed by atoms with Crippen LogP contribution in [0.3, 0.4) is 0 Å². The maximum atomic E-state index is 12.9. The molecule has 0 aliphatic rings. The van der Waals surface area contributed by atoms with Crippen LogP contribution < -0.4 is 10.6 Å². The summed E-state index contributed by atoms with van der Waals surface area (Å²) in [6, 6.07) is 14.9. The fourth-order valence-electron chi connectivity index (χ4n) is 2.10. The molecular weight excluding hydrogens is 307 g/mol. The number of rotatable bonds is 5. The second-order valence-corrected chi connectivity index (χ2v) is 5.07. The van der Waals surface area contributed by atoms with E-state index in [4.69, 9.17) is 0 Å². The summed E-state index contributed by atoms with van der Waals surface area (Å²) in [6.45, 7) is 0.330. The highest BCUT2D eigenvalue weighted by atomic mass is 19.1. The van der Waals surface area contributed by atoms with Gasteiger partial charge in [0.1, 0.15) is 11.5 Å². The zero-order valence-corrected chi connectivity index (χ0v) is 12.7. The third-order valence-corrected chi connectivity index (χ3v) is 3.28. The fourth-order valence-corrected chi connectivity index (χ4v) is 2.10. The summed E-state index contributed by atoms with van der Waals surface area (Å²) < 4.78 is 12.9. The van der Waals surface area contributed by atoms with E-state index in [1.807, 2.05) is 18.2 Å². The smallest absolute Gasteiger partial charge is 0.270 e. The van der Waals surface area contributed by atoms with Crippen molar-refractivity contribution in [2.24, 2.45) is 0 Å². The minimum Gasteiger partial charge on any atom is -0.355 e. The Balaban J connectivity index is 1.65. The van der Waals surface area contributed by atoms with Crippen molar-refractivity contribution in [2.45, 2.75) is 6.54 Å². The summed E-state index contributed by atoms with van der Waals surface area (Å²) in [5.74, 6) is -0.590. The van der Waals surface area contributed by atoms with Crippen LogP contribution in [0.5, 0.6) is 0 Å². The SMILES string of the molecule is O=C(NCc1ccccn1)c1cc(Nc2ccc(F)cc2)ccn1. The van der Waals surface area contributed by atoms with Gasteiger partial charge in [0.2, 0.25) is 0 Å². The van der Waals surface area contributed by atoms with Crippen LogP contribution in [0.25, 0.3) is 0 Å². The third kappa shape index (κ3) is 4.13. The number of nitrogens with zero attached hydrogens (tertiary/aromatic N) is 2. The molecule has 120 valence electrons. The lowest BCUT2D eigenvalue weighted by Crippen LogP contribution is -2.24. The Morgan fingerprint density at radius 2 is 1.79 bits per heavy atom. The number of aromatic nitrogens is 2. The van der Waals surface area contributed by atoms with Crippen LogP contribution >= 0.6 is 0 Å². The van der Waals surface area contributed by atoms with E-state index in [1.54, 1.807) is 36.7 Å². The molecular formula is C18H15FN4O. The summed E-state index contributed by atoms with van der Waals surface area (Å²) in [5.41, 5.74) is 2.48. The summed E-state index contributed by atoms with van der Waals surface area (Å²) in [5, 5.41) is 5.87. The van der Waals surface area contributed by atoms with Gasteiger partial charge >= 0.3 is 0 Å². The molecule has 0 saturated heterocycles. The number of carbonyl (C=O) groups excluding carboxylic acids is 1. The highest BCUT2D eigenvalue weighted by Crippen LogP contribution is 2.17. The Morgan fingerprint density at radius 3 is 2.54 bits per heavy atom. The van der Waals surface area contributed by atoms with Gasteiger partial charge in [0, 0.05) is 23.8 Å². The maximum absolute atomic E-state index is 12.9. The molecule has 5 nitrogen and oxygen atoms in total. The van der Waals surface area contributed by atoms with Crippen LogP contribution in [0.4, 0.5) is 15.8 Å². The predicted molar refractivity (Wildman–Crippen MR) is 89.3 cm³/mol. The first-order valence-electron chi connectivity index (χ1n) is 7.37. The molecule has 0 atom stereocenters. The molecule has 0 unspecified atom stereocenters. The van der Waals surface area contributed by atoms with Crippen molar-refractivity contribution in [1.82, 2.24) is 15.3 Å². The van der Waals surface area contributed by atoms with E-state index < -0.39 is 0 Å². The molecule has 0 fully saturated rings. The zero-order valence-electron chi connectivity index (χ0n) is 12.7. The van der Waals surface area contributed by atoms with E-state index in [0.717, 1.165) is 11.4 Å². The van der Waals surface area contributed by atoms with E-state index in [2.05, 4.69) is 20.6 Å². The van der Waals surface area contributed by atoms with Gasteiger partial charge in [-0.2, -0.15) is 0 Å². The van der Waals surface area contributed by atoms with Gasteiger partial charge in [-0.15, -0.1) is 0 Å². The first-order valence-corrected chi connectivity index (χ1v) is 7.37. The molecule has 2 N–H and O–H groups in total. The van der Waals surface area contributed by atoms with Crippen molar-refractivity contribution in [3.8, 4) is 0 Å². The third-order valence-electron chi connectivity index (χ3n) is 3.28. The monoisotopic (exact) mass is 322 g/mol. The highest BCUT2D eigenvalue weighted by Gasteiger charge is 2.08. The number of amides is 1. The van der Waals surface area contributed by atoms with Gasteiger partial charge in [-0.05, 0) is 48.5 Å². The molecule has 2 aromatic heterocycles. The molecule has 2 heterocycles. The molecule has 0 bridgehead atoms. The molecule has 3 rings (SSSR count). The number of nitrogens with one attached hydrogen (secondary N) is 2. The quantitative estimate of drug-likeness (QED) is 0.756. The molecule has 0 aliphatic heterocycles. The van der Waals surface area contributed by atoms with Gasteiger partial charge in [-0.25, -0.2) is 4.39 Å². The number of carbonyl (C=O) groups is 1. The average molecular weight is 322 g/mol. The van der Waals surface area contributed by atoms with Gasteiger partial charge in [0.25, 0.3) is 5.91 Å². The van der Waals surface area contributed by atoms with Crippen molar-refractivity contribution in [2.75, 3.05) is 5.32 Å². The number of pyridine rings is 2. The molecule has 1 amide bonds. The minimum atomic E-state index is -0.301. The Kier molecular flexibility index (Phi) is 4.76. The van der Waals surface area contributed by atoms with Crippen LogP contribution in [0.2, 0.25) is 0 Å². The fraction of sp³-hybridized carbons (Fsp3) is 0.0556. The van der Waals surface area contributed by atoms with Gasteiger partial charge in [0.05, 0.1) is 12.2 Å². The largest absolute Gasteiger partial charge is 0.355 e. The van der Waals surface area contributed by atoms with Crippen molar-refractivity contribution >= 4 is 17.3 Å². The van der Waals surface area contributed by atoms with Crippen molar-refractivity contribution in [1.29, 1.82) is 0 Å². The second-order valence-electron chi connectivity index (χ2n) is 5.07. The Bertz CT molecular complexity index is 822. The maximum Gasteiger partial charge on any atom is 0.270 e. The molecule has 1 aromatic carbocycles. The molecule has 0 aliphatic carbocycles. The van der Waals surface area contributed by atoms with E-state index >= 15 is 0 Å². The van der Waals surface area contributed by atoms with Crippen LogP contribution in [-0.4, -0.2) is 15.9 Å². The number of benzene rings is 1. The highest BCUT2D eigenvalue weighted by molar-refractivity contribution is 5.93. The standard InChI is InChI=1S/C18H15FN4O/c19-13-4-6-14(7-5-13)23-15-8-10-21-17(11-15)18(24)22-12-16-3-1-2-9-20-16/h1-11H,12H2,(H,21,23)(H,22,24). The van der Waals surface area contributed by atoms with Gasteiger partial charge in [-0.1, -0.05) is 6.07 Å². The number of anilines is 2. The molecule has 0 saturated carbocycles. The lowest BCUT2D eigenvalue weighted by atomic mass is 10.2. The van der Waals surface area contributed by atoms with Crippen LogP contribution in [0, 0.1) is 5.82 Å². The first-order chi connectivity index (χ1) is 11.7. The topological polar surface area (TPSA) is 66.9 Å². The van der Waals surface area contributed by atoms with E-state index in [0.29, 0.717) is 12.2 Å². The molecule has 24 heavy (non-hydrogen) atoms. The lowest BCUT2D eigenvalue weighted by Gasteiger charge is -2.08. The molecule has 6 heteroatoms. The normalized spacial score (nSPS) is 10.2. The average Bonchev–Trinajstić information content (AvgIpc) is 2.63. The van der Waals surface area contributed by atoms with Crippen LogP contribution in [0.15, 0.2) is 67.0 Å². The molecule has 3 aromatic rings. The van der Waals surface area contributed by atoms with Gasteiger partial charge in [-0.3, -0.25) is 14.8 Å². The predicted octanol–water partition coefficient (Wildman–Crippen LogP) is 3.29. The lowest BCUT2D eigenvalue weighted by molar-refractivity contribution is 0.0945. The van der Waals surface area contributed by atoms with E-state index in [1.165, 1.54) is 12.1 Å². The Morgan fingerprint density at radius 1 is 0.958 bits per heavy atom. The summed E-state index contributed by atoms with van der Waals surface area (Å²) >= 11 is 0. The number of halogens is 1. The van der Waals surface area contributed by atoms with E-state index in [-0.39, 0.29) is 17.4 Å². The van der Waals surface area contributed by atoms with Crippen LogP contribution in [-0.2, 0) is 6.54 Å². The summed E-state index contributed by atoms with van der Waals surface area (Å²) in [7, 11) is 0. The number of hydrogen-bond acceptors (Lipinski definition) is 4. The Labute approximate surface area is 138 Å². The second kappa shape index (κ2) is 7.32. The Hall–Kier alpha value is -3.28. The van der Waals surface area contributed by atoms with Crippen molar-refractivity contribution < 1.29 is 9.18 Å². The summed E-state index contributed by atoms with van der Waals surface area (Å²) in [4.78, 5) is 20.4. The zero-order chi connectivity index (χ0) is 16.8. The molecule has 0 spiro atoms. The molecule has 0 radical (unpaired) electrons. The summed E-state index contributed by atoms with van der Waals surface area (Å²) in [6.07, 6.45) is 3.22. The van der Waals surface area contributed by atoms with Gasteiger partial charge < -0.3 is 10.6 Å². The minimum absolute atomic E-state index is 0.289. The van der Waals surface area contributed by atoms with Crippen LogP contribution in [0.1, 0.15) is 16.2 Å². The first kappa shape index (κ1) is 15.6.